The summed E-state index contributed by atoms with van der Waals surface area (Å²) in [5, 5.41) is 16.9. The molecule has 170 valence electrons. The van der Waals surface area contributed by atoms with Gasteiger partial charge in [-0.25, -0.2) is 14.5 Å². The van der Waals surface area contributed by atoms with Crippen molar-refractivity contribution in [3.8, 4) is 5.69 Å². The Balaban J connectivity index is 1.38. The smallest absolute Gasteiger partial charge is 0.339 e. The van der Waals surface area contributed by atoms with Gasteiger partial charge in [0, 0.05) is 5.69 Å². The monoisotopic (exact) mass is 453 g/mol. The first kappa shape index (κ1) is 21.4. The Kier molecular flexibility index (Phi) is 5.59. The van der Waals surface area contributed by atoms with E-state index in [1.54, 1.807) is 21.6 Å². The van der Waals surface area contributed by atoms with Crippen LogP contribution in [0.3, 0.4) is 0 Å². The molecule has 0 saturated carbocycles. The molecule has 0 amide bonds. The zero-order valence-corrected chi connectivity index (χ0v) is 19.1. The van der Waals surface area contributed by atoms with E-state index >= 15 is 0 Å². The molecule has 34 heavy (non-hydrogen) atoms. The third kappa shape index (κ3) is 4.27. The summed E-state index contributed by atoms with van der Waals surface area (Å²) in [4.78, 5) is 17.7. The molecule has 0 aliphatic heterocycles. The summed E-state index contributed by atoms with van der Waals surface area (Å²) in [5.41, 5.74) is 5.97. The van der Waals surface area contributed by atoms with E-state index in [-0.39, 0.29) is 6.61 Å². The number of hydrogen-bond acceptors (Lipinski definition) is 7. The quantitative estimate of drug-likeness (QED) is 0.361. The van der Waals surface area contributed by atoms with Gasteiger partial charge in [-0.3, -0.25) is 0 Å². The summed E-state index contributed by atoms with van der Waals surface area (Å²) in [6.07, 6.45) is 1.66. The highest BCUT2D eigenvalue weighted by atomic mass is 16.5. The van der Waals surface area contributed by atoms with Gasteiger partial charge in [0.1, 0.15) is 0 Å². The fourth-order valence-corrected chi connectivity index (χ4v) is 3.71. The van der Waals surface area contributed by atoms with Crippen LogP contribution in [0.1, 0.15) is 38.6 Å². The molecule has 0 aliphatic rings. The number of pyridine rings is 1. The molecule has 9 nitrogen and oxygen atoms in total. The van der Waals surface area contributed by atoms with Crippen LogP contribution in [-0.2, 0) is 17.9 Å². The van der Waals surface area contributed by atoms with Crippen LogP contribution in [0.25, 0.3) is 16.7 Å². The molecule has 5 rings (SSSR count). The van der Waals surface area contributed by atoms with Crippen molar-refractivity contribution in [2.75, 3.05) is 0 Å². The molecule has 0 radical (unpaired) electrons. The number of carbonyl (C=O) groups is 1. The molecular formula is C25H23N7O2. The van der Waals surface area contributed by atoms with E-state index in [0.717, 1.165) is 16.8 Å². The summed E-state index contributed by atoms with van der Waals surface area (Å²) in [7, 11) is 0. The number of nitrogens with zero attached hydrogens (tertiary/aromatic N) is 7. The third-order valence-corrected chi connectivity index (χ3v) is 5.56. The number of hydrogen-bond donors (Lipinski definition) is 0. The molecule has 0 saturated heterocycles. The Morgan fingerprint density at radius 3 is 2.41 bits per heavy atom. The Morgan fingerprint density at radius 2 is 1.68 bits per heavy atom. The number of fused-ring (bicyclic) bond motifs is 1. The first-order valence-electron chi connectivity index (χ1n) is 10.9. The number of benzene rings is 2. The second-order valence-corrected chi connectivity index (χ2v) is 8.25. The molecule has 5 aromatic rings. The van der Waals surface area contributed by atoms with Gasteiger partial charge in [0.25, 0.3) is 0 Å². The third-order valence-electron chi connectivity index (χ3n) is 5.56. The molecule has 2 aromatic carbocycles. The molecule has 0 atom stereocenters. The molecule has 0 N–H and O–H groups in total. The van der Waals surface area contributed by atoms with Crippen molar-refractivity contribution < 1.29 is 9.53 Å². The number of rotatable bonds is 6. The van der Waals surface area contributed by atoms with Crippen LogP contribution in [0.2, 0.25) is 0 Å². The average molecular weight is 454 g/mol. The van der Waals surface area contributed by atoms with Crippen molar-refractivity contribution >= 4 is 17.0 Å². The van der Waals surface area contributed by atoms with Gasteiger partial charge >= 0.3 is 5.97 Å². The summed E-state index contributed by atoms with van der Waals surface area (Å²) in [6.45, 7) is 6.39. The fraction of sp³-hybridized carbons (Fsp3) is 0.200. The number of aromatic nitrogens is 7. The van der Waals surface area contributed by atoms with Crippen molar-refractivity contribution in [1.29, 1.82) is 0 Å². The lowest BCUT2D eigenvalue weighted by Gasteiger charge is -2.08. The summed E-state index contributed by atoms with van der Waals surface area (Å²) >= 11 is 0. The molecule has 0 spiro atoms. The standard InChI is InChI=1S/C25H23N7O2/c1-16-4-8-19(9-5-16)14-31-24-22(13-26-31)21(12-18(3)27-24)25(33)34-15-23-28-29-30-32(23)20-10-6-17(2)7-11-20/h4-13H,14-15H2,1-3H3. The van der Waals surface area contributed by atoms with Crippen LogP contribution in [0.15, 0.2) is 60.8 Å². The number of tetrazole rings is 1. The predicted octanol–water partition coefficient (Wildman–Crippen LogP) is 3.74. The summed E-state index contributed by atoms with van der Waals surface area (Å²) in [5.74, 6) is -0.0573. The van der Waals surface area contributed by atoms with E-state index in [9.17, 15) is 4.79 Å². The lowest BCUT2D eigenvalue weighted by atomic mass is 10.1. The first-order valence-corrected chi connectivity index (χ1v) is 10.9. The van der Waals surface area contributed by atoms with Gasteiger partial charge in [-0.1, -0.05) is 47.5 Å². The normalized spacial score (nSPS) is 11.1. The van der Waals surface area contributed by atoms with Crippen LogP contribution < -0.4 is 0 Å². The van der Waals surface area contributed by atoms with E-state index in [2.05, 4.69) is 56.8 Å². The second-order valence-electron chi connectivity index (χ2n) is 8.25. The van der Waals surface area contributed by atoms with Crippen LogP contribution in [-0.4, -0.2) is 40.9 Å². The summed E-state index contributed by atoms with van der Waals surface area (Å²) < 4.78 is 8.94. The first-order chi connectivity index (χ1) is 16.5. The average Bonchev–Trinajstić information content (AvgIpc) is 3.46. The molecule has 0 unspecified atom stereocenters. The van der Waals surface area contributed by atoms with Crippen molar-refractivity contribution in [3.63, 3.8) is 0 Å². The van der Waals surface area contributed by atoms with Gasteiger partial charge in [0.15, 0.2) is 18.1 Å². The Morgan fingerprint density at radius 1 is 0.971 bits per heavy atom. The number of aryl methyl sites for hydroxylation is 3. The Hall–Kier alpha value is -4.40. The molecule has 9 heteroatoms. The maximum Gasteiger partial charge on any atom is 0.339 e. The zero-order valence-electron chi connectivity index (χ0n) is 19.1. The largest absolute Gasteiger partial charge is 0.454 e. The number of carbonyl (C=O) groups excluding carboxylic acids is 1. The minimum Gasteiger partial charge on any atom is -0.454 e. The van der Waals surface area contributed by atoms with E-state index in [4.69, 9.17) is 4.74 Å². The van der Waals surface area contributed by atoms with E-state index in [1.165, 1.54) is 5.56 Å². The van der Waals surface area contributed by atoms with Crippen molar-refractivity contribution in [3.05, 3.63) is 94.6 Å². The van der Waals surface area contributed by atoms with Gasteiger partial charge in [-0.15, -0.1) is 5.10 Å². The van der Waals surface area contributed by atoms with Crippen LogP contribution in [0, 0.1) is 20.8 Å². The van der Waals surface area contributed by atoms with Crippen LogP contribution in [0.4, 0.5) is 0 Å². The number of ether oxygens (including phenoxy) is 1. The van der Waals surface area contributed by atoms with E-state index in [0.29, 0.717) is 34.7 Å². The predicted molar refractivity (Wildman–Crippen MR) is 126 cm³/mol. The summed E-state index contributed by atoms with van der Waals surface area (Å²) in [6, 6.07) is 17.7. The Bertz CT molecular complexity index is 1470. The highest BCUT2D eigenvalue weighted by Gasteiger charge is 2.19. The van der Waals surface area contributed by atoms with Crippen LogP contribution >= 0.6 is 0 Å². The zero-order chi connectivity index (χ0) is 23.7. The molecule has 0 fully saturated rings. The maximum atomic E-state index is 13.0. The van der Waals surface area contributed by atoms with Crippen molar-refractivity contribution in [1.82, 2.24) is 35.0 Å². The van der Waals surface area contributed by atoms with Gasteiger partial charge < -0.3 is 4.74 Å². The Labute approximate surface area is 196 Å². The minimum atomic E-state index is -0.483. The van der Waals surface area contributed by atoms with E-state index < -0.39 is 5.97 Å². The molecular weight excluding hydrogens is 430 g/mol. The van der Waals surface area contributed by atoms with E-state index in [1.807, 2.05) is 38.1 Å². The number of esters is 1. The minimum absolute atomic E-state index is 0.0694. The van der Waals surface area contributed by atoms with Gasteiger partial charge in [0.2, 0.25) is 0 Å². The topological polar surface area (TPSA) is 101 Å². The molecule has 3 heterocycles. The van der Waals surface area contributed by atoms with Crippen LogP contribution in [0.5, 0.6) is 0 Å². The lowest BCUT2D eigenvalue weighted by Crippen LogP contribution is -2.11. The lowest BCUT2D eigenvalue weighted by molar-refractivity contribution is 0.0461. The molecule has 3 aromatic heterocycles. The second kappa shape index (κ2) is 8.86. The molecule has 0 bridgehead atoms. The fourth-order valence-electron chi connectivity index (χ4n) is 3.71. The maximum absolute atomic E-state index is 13.0. The highest BCUT2D eigenvalue weighted by Crippen LogP contribution is 2.21. The van der Waals surface area contributed by atoms with Gasteiger partial charge in [0.05, 0.1) is 29.4 Å². The van der Waals surface area contributed by atoms with Gasteiger partial charge in [-0.2, -0.15) is 9.78 Å². The van der Waals surface area contributed by atoms with Crippen molar-refractivity contribution in [2.24, 2.45) is 0 Å². The SMILES string of the molecule is Cc1ccc(Cn2ncc3c(C(=O)OCc4nnnn4-c4ccc(C)cc4)cc(C)nc32)cc1. The van der Waals surface area contributed by atoms with Gasteiger partial charge in [-0.05, 0) is 55.0 Å². The molecule has 0 aliphatic carbocycles. The highest BCUT2D eigenvalue weighted by molar-refractivity contribution is 6.02. The van der Waals surface area contributed by atoms with Crippen molar-refractivity contribution in [2.45, 2.75) is 33.9 Å².